The molecule has 4 atom stereocenters. The molecule has 0 aromatic carbocycles. The van der Waals surface area contributed by atoms with E-state index >= 15 is 0 Å². The van der Waals surface area contributed by atoms with E-state index in [1.807, 2.05) is 0 Å². The van der Waals surface area contributed by atoms with Crippen LogP contribution in [-0.4, -0.2) is 23.9 Å². The SMILES string of the molecule is O=C(N1CCCCC1)C12CC3C[C@@H](CC[C@@H](C3)C1)C2. The monoisotopic (exact) mass is 261 g/mol. The molecule has 2 heteroatoms. The lowest BCUT2D eigenvalue weighted by atomic mass is 9.58. The maximum Gasteiger partial charge on any atom is 0.228 e. The van der Waals surface area contributed by atoms with E-state index in [2.05, 4.69) is 4.90 Å². The fourth-order valence-corrected chi connectivity index (χ4v) is 5.89. The lowest BCUT2D eigenvalue weighted by Crippen LogP contribution is -2.51. The van der Waals surface area contributed by atoms with Gasteiger partial charge in [0, 0.05) is 13.1 Å². The number of fused-ring (bicyclic) bond motifs is 1. The summed E-state index contributed by atoms with van der Waals surface area (Å²) < 4.78 is 0. The first-order valence-electron chi connectivity index (χ1n) is 8.55. The van der Waals surface area contributed by atoms with E-state index < -0.39 is 0 Å². The highest BCUT2D eigenvalue weighted by molar-refractivity contribution is 5.83. The number of carbonyl (C=O) groups excluding carboxylic acids is 1. The van der Waals surface area contributed by atoms with E-state index in [9.17, 15) is 4.79 Å². The zero-order valence-electron chi connectivity index (χ0n) is 12.1. The standard InChI is InChI=1S/C17H27NO/c19-16(18-6-2-1-3-7-18)17-10-13-4-5-14(11-17)9-15(8-13)12-17/h13-15H,1-12H2/t13-,14+,15?,17?. The zero-order chi connectivity index (χ0) is 12.9. The molecule has 5 rings (SSSR count). The van der Waals surface area contributed by atoms with Crippen molar-refractivity contribution < 1.29 is 4.79 Å². The molecule has 4 bridgehead atoms. The van der Waals surface area contributed by atoms with Crippen LogP contribution in [0.15, 0.2) is 0 Å². The molecule has 2 nitrogen and oxygen atoms in total. The van der Waals surface area contributed by atoms with Gasteiger partial charge in [-0.05, 0) is 69.1 Å². The maximum absolute atomic E-state index is 13.1. The molecule has 0 aromatic rings. The predicted octanol–water partition coefficient (Wildman–Crippen LogP) is 3.61. The number of carbonyl (C=O) groups is 1. The van der Waals surface area contributed by atoms with Crippen molar-refractivity contribution in [2.45, 2.75) is 64.2 Å². The van der Waals surface area contributed by atoms with E-state index in [0.29, 0.717) is 5.91 Å². The van der Waals surface area contributed by atoms with Crippen molar-refractivity contribution in [1.82, 2.24) is 4.90 Å². The molecule has 5 aliphatic rings. The molecular weight excluding hydrogens is 234 g/mol. The minimum atomic E-state index is 0.0876. The topological polar surface area (TPSA) is 20.3 Å². The molecule has 0 spiro atoms. The Morgan fingerprint density at radius 2 is 1.42 bits per heavy atom. The molecule has 0 aromatic heterocycles. The Labute approximate surface area is 116 Å². The van der Waals surface area contributed by atoms with Crippen LogP contribution in [0.4, 0.5) is 0 Å². The summed E-state index contributed by atoms with van der Waals surface area (Å²) in [6.45, 7) is 2.08. The van der Waals surface area contributed by atoms with Crippen molar-refractivity contribution >= 4 is 5.91 Å². The molecule has 4 aliphatic carbocycles. The fourth-order valence-electron chi connectivity index (χ4n) is 5.89. The van der Waals surface area contributed by atoms with E-state index in [0.717, 1.165) is 30.8 Å². The summed E-state index contributed by atoms with van der Waals surface area (Å²) >= 11 is 0. The van der Waals surface area contributed by atoms with Crippen LogP contribution in [0.5, 0.6) is 0 Å². The fraction of sp³-hybridized carbons (Fsp3) is 0.941. The summed E-state index contributed by atoms with van der Waals surface area (Å²) in [4.78, 5) is 15.4. The van der Waals surface area contributed by atoms with Gasteiger partial charge in [0.05, 0.1) is 5.41 Å². The summed E-state index contributed by atoms with van der Waals surface area (Å²) in [5.74, 6) is 3.20. The second-order valence-corrected chi connectivity index (χ2v) is 7.89. The molecule has 106 valence electrons. The highest BCUT2D eigenvalue weighted by Gasteiger charge is 2.53. The normalized spacial score (nSPS) is 45.3. The lowest BCUT2D eigenvalue weighted by Gasteiger charge is -2.49. The molecular formula is C17H27NO. The van der Waals surface area contributed by atoms with Crippen molar-refractivity contribution in [1.29, 1.82) is 0 Å². The van der Waals surface area contributed by atoms with Gasteiger partial charge in [-0.1, -0.05) is 12.8 Å². The molecule has 1 heterocycles. The number of hydrogen-bond acceptors (Lipinski definition) is 1. The second kappa shape index (κ2) is 4.49. The van der Waals surface area contributed by atoms with Crippen molar-refractivity contribution in [3.8, 4) is 0 Å². The molecule has 1 saturated heterocycles. The summed E-state index contributed by atoms with van der Waals surface area (Å²) in [6, 6.07) is 0. The molecule has 1 amide bonds. The van der Waals surface area contributed by atoms with Gasteiger partial charge in [-0.25, -0.2) is 0 Å². The molecule has 5 fully saturated rings. The van der Waals surface area contributed by atoms with Crippen molar-refractivity contribution in [3.63, 3.8) is 0 Å². The van der Waals surface area contributed by atoms with Gasteiger partial charge in [-0.15, -0.1) is 0 Å². The smallest absolute Gasteiger partial charge is 0.228 e. The van der Waals surface area contributed by atoms with E-state index in [1.54, 1.807) is 0 Å². The highest BCUT2D eigenvalue weighted by Crippen LogP contribution is 2.58. The number of nitrogens with zero attached hydrogens (tertiary/aromatic N) is 1. The molecule has 0 radical (unpaired) electrons. The predicted molar refractivity (Wildman–Crippen MR) is 75.7 cm³/mol. The first-order chi connectivity index (χ1) is 9.25. The van der Waals surface area contributed by atoms with Gasteiger partial charge in [0.2, 0.25) is 5.91 Å². The van der Waals surface area contributed by atoms with Gasteiger partial charge in [-0.3, -0.25) is 4.79 Å². The van der Waals surface area contributed by atoms with Crippen molar-refractivity contribution in [2.24, 2.45) is 23.2 Å². The Balaban J connectivity index is 1.59. The Morgan fingerprint density at radius 3 is 2.05 bits per heavy atom. The third kappa shape index (κ3) is 2.02. The van der Waals surface area contributed by atoms with Crippen molar-refractivity contribution in [3.05, 3.63) is 0 Å². The summed E-state index contributed by atoms with van der Waals surface area (Å²) in [7, 11) is 0. The van der Waals surface area contributed by atoms with E-state index in [-0.39, 0.29) is 5.41 Å². The highest BCUT2D eigenvalue weighted by atomic mass is 16.2. The van der Waals surface area contributed by atoms with Crippen LogP contribution in [0, 0.1) is 23.2 Å². The number of amides is 1. The van der Waals surface area contributed by atoms with Gasteiger partial charge in [-0.2, -0.15) is 0 Å². The van der Waals surface area contributed by atoms with Gasteiger partial charge in [0.25, 0.3) is 0 Å². The quantitative estimate of drug-likeness (QED) is 0.706. The van der Waals surface area contributed by atoms with Crippen LogP contribution >= 0.6 is 0 Å². The summed E-state index contributed by atoms with van der Waals surface area (Å²) in [6.07, 6.45) is 13.2. The Kier molecular flexibility index (Phi) is 2.89. The number of likely N-dealkylation sites (tertiary alicyclic amines) is 1. The van der Waals surface area contributed by atoms with Crippen LogP contribution < -0.4 is 0 Å². The largest absolute Gasteiger partial charge is 0.342 e. The number of piperidine rings is 1. The van der Waals surface area contributed by atoms with Crippen LogP contribution in [0.1, 0.15) is 64.2 Å². The Bertz CT molecular complexity index is 355. The lowest BCUT2D eigenvalue weighted by molar-refractivity contribution is -0.151. The molecule has 0 N–H and O–H groups in total. The summed E-state index contributed by atoms with van der Waals surface area (Å²) in [5, 5.41) is 0. The number of rotatable bonds is 1. The molecule has 4 saturated carbocycles. The molecule has 2 unspecified atom stereocenters. The minimum Gasteiger partial charge on any atom is -0.342 e. The average Bonchev–Trinajstić information content (AvgIpc) is 2.65. The minimum absolute atomic E-state index is 0.0876. The van der Waals surface area contributed by atoms with Crippen LogP contribution in [0.25, 0.3) is 0 Å². The van der Waals surface area contributed by atoms with E-state index in [4.69, 9.17) is 0 Å². The third-order valence-corrected chi connectivity index (χ3v) is 6.45. The van der Waals surface area contributed by atoms with Gasteiger partial charge in [0.15, 0.2) is 0 Å². The van der Waals surface area contributed by atoms with Crippen LogP contribution in [0.3, 0.4) is 0 Å². The van der Waals surface area contributed by atoms with Crippen molar-refractivity contribution in [2.75, 3.05) is 13.1 Å². The first-order valence-corrected chi connectivity index (χ1v) is 8.55. The molecule has 19 heavy (non-hydrogen) atoms. The van der Waals surface area contributed by atoms with Gasteiger partial charge >= 0.3 is 0 Å². The third-order valence-electron chi connectivity index (χ3n) is 6.45. The van der Waals surface area contributed by atoms with Crippen LogP contribution in [-0.2, 0) is 4.79 Å². The zero-order valence-corrected chi connectivity index (χ0v) is 12.1. The van der Waals surface area contributed by atoms with Crippen LogP contribution in [0.2, 0.25) is 0 Å². The molecule has 1 aliphatic heterocycles. The summed E-state index contributed by atoms with van der Waals surface area (Å²) in [5.41, 5.74) is 0.0876. The maximum atomic E-state index is 13.1. The Morgan fingerprint density at radius 1 is 0.842 bits per heavy atom. The number of hydrogen-bond donors (Lipinski definition) is 0. The average molecular weight is 261 g/mol. The van der Waals surface area contributed by atoms with Gasteiger partial charge < -0.3 is 4.90 Å². The van der Waals surface area contributed by atoms with Gasteiger partial charge in [0.1, 0.15) is 0 Å². The first kappa shape index (κ1) is 12.2. The second-order valence-electron chi connectivity index (χ2n) is 7.89. The Hall–Kier alpha value is -0.530. The van der Waals surface area contributed by atoms with E-state index in [1.165, 1.54) is 64.2 Å².